The van der Waals surface area contributed by atoms with Crippen LogP contribution in [-0.4, -0.2) is 14.6 Å². The van der Waals surface area contributed by atoms with Gasteiger partial charge in [0.2, 0.25) is 0 Å². The Balaban J connectivity index is 2.17. The number of hydrogen-bond donors (Lipinski definition) is 1. The van der Waals surface area contributed by atoms with Gasteiger partial charge in [0, 0.05) is 6.20 Å². The van der Waals surface area contributed by atoms with E-state index in [9.17, 15) is 0 Å². The van der Waals surface area contributed by atoms with Gasteiger partial charge in [-0.25, -0.2) is 0 Å². The Hall–Kier alpha value is -1.42. The van der Waals surface area contributed by atoms with Crippen LogP contribution in [-0.2, 0) is 5.54 Å². The third-order valence-electron chi connectivity index (χ3n) is 3.51. The maximum Gasteiger partial charge on any atom is 0.161 e. The highest BCUT2D eigenvalue weighted by Gasteiger charge is 2.35. The van der Waals surface area contributed by atoms with Gasteiger partial charge in [0.05, 0.1) is 5.54 Å². The number of aryl methyl sites for hydroxylation is 1. The summed E-state index contributed by atoms with van der Waals surface area (Å²) in [6.45, 7) is 2.06. The summed E-state index contributed by atoms with van der Waals surface area (Å²) in [6.07, 6.45) is 6.44. The molecular weight excluding hydrogens is 200 g/mol. The summed E-state index contributed by atoms with van der Waals surface area (Å²) in [4.78, 5) is 0. The minimum Gasteiger partial charge on any atom is -0.319 e. The Morgan fingerprint density at radius 2 is 2.06 bits per heavy atom. The lowest BCUT2D eigenvalue weighted by atomic mass is 9.98. The molecule has 0 amide bonds. The van der Waals surface area contributed by atoms with Crippen LogP contribution < -0.4 is 5.73 Å². The van der Waals surface area contributed by atoms with Crippen LogP contribution in [0.2, 0.25) is 0 Å². The fraction of sp³-hybridized carbons (Fsp3) is 0.500. The van der Waals surface area contributed by atoms with Crippen molar-refractivity contribution in [1.82, 2.24) is 14.6 Å². The van der Waals surface area contributed by atoms with Gasteiger partial charge in [0.25, 0.3) is 0 Å². The number of rotatable bonds is 1. The van der Waals surface area contributed by atoms with E-state index in [-0.39, 0.29) is 5.54 Å². The Morgan fingerprint density at radius 3 is 2.81 bits per heavy atom. The summed E-state index contributed by atoms with van der Waals surface area (Å²) in [7, 11) is 0. The zero-order valence-electron chi connectivity index (χ0n) is 9.48. The van der Waals surface area contributed by atoms with Crippen LogP contribution in [0, 0.1) is 6.92 Å². The number of nitrogens with two attached hydrogens (primary N) is 1. The van der Waals surface area contributed by atoms with Crippen LogP contribution in [0.3, 0.4) is 0 Å². The normalized spacial score (nSPS) is 19.4. The maximum absolute atomic E-state index is 6.41. The molecule has 1 fully saturated rings. The first kappa shape index (κ1) is 9.78. The van der Waals surface area contributed by atoms with Crippen molar-refractivity contribution >= 4 is 5.65 Å². The Morgan fingerprint density at radius 1 is 1.31 bits per heavy atom. The third-order valence-corrected chi connectivity index (χ3v) is 3.51. The molecule has 0 aromatic carbocycles. The molecule has 4 nitrogen and oxygen atoms in total. The van der Waals surface area contributed by atoms with Gasteiger partial charge in [0.1, 0.15) is 0 Å². The summed E-state index contributed by atoms with van der Waals surface area (Å²) in [6, 6.07) is 4.10. The molecule has 2 aromatic heterocycles. The predicted octanol–water partition coefficient (Wildman–Crippen LogP) is 1.77. The summed E-state index contributed by atoms with van der Waals surface area (Å²) in [5.74, 6) is 0.917. The monoisotopic (exact) mass is 216 g/mol. The molecular formula is C12H16N4. The van der Waals surface area contributed by atoms with Crippen molar-refractivity contribution in [2.24, 2.45) is 5.73 Å². The van der Waals surface area contributed by atoms with Crippen molar-refractivity contribution in [3.8, 4) is 0 Å². The molecule has 0 atom stereocenters. The van der Waals surface area contributed by atoms with E-state index in [1.807, 2.05) is 16.7 Å². The van der Waals surface area contributed by atoms with Gasteiger partial charge >= 0.3 is 0 Å². The highest BCUT2D eigenvalue weighted by Crippen LogP contribution is 2.35. The maximum atomic E-state index is 6.41. The molecule has 3 rings (SSSR count). The van der Waals surface area contributed by atoms with Gasteiger partial charge in [-0.1, -0.05) is 12.8 Å². The summed E-state index contributed by atoms with van der Waals surface area (Å²) in [5, 5.41) is 8.48. The van der Waals surface area contributed by atoms with E-state index in [0.29, 0.717) is 0 Å². The van der Waals surface area contributed by atoms with Crippen LogP contribution in [0.15, 0.2) is 18.3 Å². The third kappa shape index (κ3) is 1.33. The van der Waals surface area contributed by atoms with Gasteiger partial charge in [-0.15, -0.1) is 10.2 Å². The highest BCUT2D eigenvalue weighted by molar-refractivity contribution is 5.41. The van der Waals surface area contributed by atoms with E-state index in [4.69, 9.17) is 5.73 Å². The molecule has 1 aliphatic rings. The molecule has 2 heterocycles. The average molecular weight is 216 g/mol. The highest BCUT2D eigenvalue weighted by atomic mass is 15.3. The lowest BCUT2D eigenvalue weighted by Crippen LogP contribution is -2.35. The van der Waals surface area contributed by atoms with Crippen molar-refractivity contribution in [3.63, 3.8) is 0 Å². The summed E-state index contributed by atoms with van der Waals surface area (Å²) < 4.78 is 2.03. The number of pyridine rings is 1. The van der Waals surface area contributed by atoms with Gasteiger partial charge in [-0.3, -0.25) is 4.40 Å². The first-order valence-corrected chi connectivity index (χ1v) is 5.80. The molecule has 0 radical (unpaired) electrons. The fourth-order valence-electron chi connectivity index (χ4n) is 2.56. The topological polar surface area (TPSA) is 56.2 Å². The molecule has 0 saturated heterocycles. The summed E-state index contributed by atoms with van der Waals surface area (Å²) in [5.41, 5.74) is 8.23. The molecule has 1 saturated carbocycles. The quantitative estimate of drug-likeness (QED) is 0.790. The first-order chi connectivity index (χ1) is 7.69. The number of aromatic nitrogens is 3. The molecule has 2 aromatic rings. The minimum absolute atomic E-state index is 0.269. The van der Waals surface area contributed by atoms with E-state index >= 15 is 0 Å². The minimum atomic E-state index is -0.269. The van der Waals surface area contributed by atoms with E-state index in [0.717, 1.165) is 24.3 Å². The smallest absolute Gasteiger partial charge is 0.161 e. The van der Waals surface area contributed by atoms with Crippen LogP contribution in [0.4, 0.5) is 0 Å². The van der Waals surface area contributed by atoms with Crippen LogP contribution in [0.25, 0.3) is 5.65 Å². The van der Waals surface area contributed by atoms with Crippen LogP contribution >= 0.6 is 0 Å². The second-order valence-corrected chi connectivity index (χ2v) is 4.82. The molecule has 0 spiro atoms. The van der Waals surface area contributed by atoms with Crippen molar-refractivity contribution in [2.45, 2.75) is 38.1 Å². The van der Waals surface area contributed by atoms with E-state index in [1.165, 1.54) is 18.4 Å². The predicted molar refractivity (Wildman–Crippen MR) is 62.1 cm³/mol. The average Bonchev–Trinajstić information content (AvgIpc) is 2.84. The Labute approximate surface area is 94.5 Å². The molecule has 84 valence electrons. The zero-order valence-corrected chi connectivity index (χ0v) is 9.48. The fourth-order valence-corrected chi connectivity index (χ4v) is 2.56. The van der Waals surface area contributed by atoms with E-state index in [2.05, 4.69) is 23.2 Å². The lowest BCUT2D eigenvalue weighted by Gasteiger charge is -2.20. The second kappa shape index (κ2) is 3.28. The van der Waals surface area contributed by atoms with E-state index in [1.54, 1.807) is 0 Å². The second-order valence-electron chi connectivity index (χ2n) is 4.82. The molecule has 2 N–H and O–H groups in total. The zero-order chi connectivity index (χ0) is 11.2. The summed E-state index contributed by atoms with van der Waals surface area (Å²) >= 11 is 0. The van der Waals surface area contributed by atoms with Crippen LogP contribution in [0.5, 0.6) is 0 Å². The van der Waals surface area contributed by atoms with Crippen molar-refractivity contribution in [3.05, 3.63) is 29.7 Å². The van der Waals surface area contributed by atoms with Crippen molar-refractivity contribution in [1.29, 1.82) is 0 Å². The Bertz CT molecular complexity index is 523. The first-order valence-electron chi connectivity index (χ1n) is 5.80. The molecule has 0 aliphatic heterocycles. The van der Waals surface area contributed by atoms with Gasteiger partial charge in [-0.05, 0) is 37.5 Å². The number of hydrogen-bond acceptors (Lipinski definition) is 3. The molecule has 1 aliphatic carbocycles. The lowest BCUT2D eigenvalue weighted by molar-refractivity contribution is 0.427. The SMILES string of the molecule is Cc1ccn2c(C3(N)CCCC3)nnc2c1. The van der Waals surface area contributed by atoms with Crippen molar-refractivity contribution in [2.75, 3.05) is 0 Å². The number of fused-ring (bicyclic) bond motifs is 1. The van der Waals surface area contributed by atoms with Gasteiger partial charge < -0.3 is 5.73 Å². The molecule has 0 unspecified atom stereocenters. The van der Waals surface area contributed by atoms with Crippen molar-refractivity contribution < 1.29 is 0 Å². The molecule has 4 heteroatoms. The largest absolute Gasteiger partial charge is 0.319 e. The Kier molecular flexibility index (Phi) is 2.01. The van der Waals surface area contributed by atoms with Gasteiger partial charge in [0.15, 0.2) is 11.5 Å². The van der Waals surface area contributed by atoms with Crippen LogP contribution in [0.1, 0.15) is 37.1 Å². The number of nitrogens with zero attached hydrogens (tertiary/aromatic N) is 3. The van der Waals surface area contributed by atoms with E-state index < -0.39 is 0 Å². The standard InChI is InChI=1S/C12H16N4/c1-9-4-7-16-10(8-9)14-15-11(16)12(13)5-2-3-6-12/h4,7-8H,2-3,5-6,13H2,1H3. The molecule has 16 heavy (non-hydrogen) atoms. The molecule has 0 bridgehead atoms. The van der Waals surface area contributed by atoms with Gasteiger partial charge in [-0.2, -0.15) is 0 Å².